The van der Waals surface area contributed by atoms with E-state index in [9.17, 15) is 9.59 Å². The molecule has 0 aromatic heterocycles. The molecule has 1 saturated heterocycles. The Morgan fingerprint density at radius 1 is 1.00 bits per heavy atom. The number of methoxy groups -OCH3 is 1. The van der Waals surface area contributed by atoms with E-state index in [1.165, 1.54) is 12.8 Å². The number of nitrogens with zero attached hydrogens (tertiary/aromatic N) is 2. The van der Waals surface area contributed by atoms with Crippen molar-refractivity contribution in [3.05, 3.63) is 58.6 Å². The lowest BCUT2D eigenvalue weighted by molar-refractivity contribution is -0.159. The number of carbonyl (C=O) groups excluding carboxylic acids is 2. The molecule has 7 heteroatoms. The van der Waals surface area contributed by atoms with Crippen LogP contribution < -0.4 is 9.47 Å². The Balaban J connectivity index is 1.73. The number of rotatable bonds is 7. The van der Waals surface area contributed by atoms with Crippen LogP contribution in [-0.2, 0) is 16.1 Å². The van der Waals surface area contributed by atoms with Gasteiger partial charge in [-0.05, 0) is 56.0 Å². The molecule has 0 unspecified atom stereocenters. The van der Waals surface area contributed by atoms with Gasteiger partial charge in [-0.15, -0.1) is 0 Å². The summed E-state index contributed by atoms with van der Waals surface area (Å²) in [6.45, 7) is 4.27. The molecule has 0 N–H and O–H groups in total. The molecule has 2 amide bonds. The van der Waals surface area contributed by atoms with Crippen molar-refractivity contribution < 1.29 is 19.1 Å². The van der Waals surface area contributed by atoms with Crippen molar-refractivity contribution in [1.82, 2.24) is 9.80 Å². The van der Waals surface area contributed by atoms with E-state index >= 15 is 0 Å². The van der Waals surface area contributed by atoms with Crippen LogP contribution in [0.1, 0.15) is 69.5 Å². The van der Waals surface area contributed by atoms with Crippen LogP contribution in [0.2, 0.25) is 5.02 Å². The summed E-state index contributed by atoms with van der Waals surface area (Å²) in [4.78, 5) is 31.1. The summed E-state index contributed by atoms with van der Waals surface area (Å²) in [6, 6.07) is 12.3. The smallest absolute Gasteiger partial charge is 0.250 e. The van der Waals surface area contributed by atoms with E-state index in [4.69, 9.17) is 21.1 Å². The number of hydrogen-bond donors (Lipinski definition) is 0. The van der Waals surface area contributed by atoms with Crippen molar-refractivity contribution in [2.24, 2.45) is 0 Å². The van der Waals surface area contributed by atoms with Gasteiger partial charge < -0.3 is 19.3 Å². The van der Waals surface area contributed by atoms with Gasteiger partial charge >= 0.3 is 0 Å². The molecule has 2 aromatic rings. The fourth-order valence-electron chi connectivity index (χ4n) is 5.15. The zero-order valence-electron chi connectivity index (χ0n) is 20.8. The number of amides is 2. The number of piperazine rings is 1. The summed E-state index contributed by atoms with van der Waals surface area (Å²) in [5, 5.41) is 0.580. The summed E-state index contributed by atoms with van der Waals surface area (Å²) in [6.07, 6.45) is 6.42. The lowest BCUT2D eigenvalue weighted by Crippen LogP contribution is -2.57. The first kappa shape index (κ1) is 25.4. The first-order valence-corrected chi connectivity index (χ1v) is 12.9. The monoisotopic (exact) mass is 498 g/mol. The lowest BCUT2D eigenvalue weighted by atomic mass is 9.96. The number of ether oxygens (including phenoxy) is 2. The van der Waals surface area contributed by atoms with Crippen molar-refractivity contribution in [2.75, 3.05) is 13.7 Å². The zero-order valence-corrected chi connectivity index (χ0v) is 21.6. The predicted molar refractivity (Wildman–Crippen MR) is 137 cm³/mol. The van der Waals surface area contributed by atoms with E-state index in [1.54, 1.807) is 18.1 Å². The number of hydrogen-bond acceptors (Lipinski definition) is 4. The Labute approximate surface area is 213 Å². The molecule has 1 aliphatic carbocycles. The second-order valence-corrected chi connectivity index (χ2v) is 10.1. The van der Waals surface area contributed by atoms with Crippen molar-refractivity contribution in [3.63, 3.8) is 0 Å². The maximum atomic E-state index is 14.1. The molecule has 0 bridgehead atoms. The minimum absolute atomic E-state index is 0.0184. The molecule has 1 saturated carbocycles. The summed E-state index contributed by atoms with van der Waals surface area (Å²) in [5.41, 5.74) is 1.52. The third-order valence-corrected chi connectivity index (χ3v) is 7.25. The van der Waals surface area contributed by atoms with Gasteiger partial charge in [0.1, 0.15) is 12.6 Å². The van der Waals surface area contributed by atoms with Crippen LogP contribution in [0.3, 0.4) is 0 Å². The zero-order chi connectivity index (χ0) is 24.9. The van der Waals surface area contributed by atoms with Gasteiger partial charge in [-0.25, -0.2) is 0 Å². The van der Waals surface area contributed by atoms with Gasteiger partial charge in [0.2, 0.25) is 5.91 Å². The van der Waals surface area contributed by atoms with Crippen molar-refractivity contribution >= 4 is 23.4 Å². The molecule has 188 valence electrons. The van der Waals surface area contributed by atoms with Crippen molar-refractivity contribution in [3.8, 4) is 11.5 Å². The molecule has 0 radical (unpaired) electrons. The van der Waals surface area contributed by atoms with Crippen LogP contribution in [-0.4, -0.2) is 47.4 Å². The van der Waals surface area contributed by atoms with Crippen molar-refractivity contribution in [2.45, 2.75) is 77.1 Å². The Morgan fingerprint density at radius 3 is 2.37 bits per heavy atom. The fraction of sp³-hybridized carbons (Fsp3) is 0.500. The third kappa shape index (κ3) is 5.75. The van der Waals surface area contributed by atoms with Gasteiger partial charge in [-0.2, -0.15) is 0 Å². The van der Waals surface area contributed by atoms with Gasteiger partial charge in [0, 0.05) is 17.6 Å². The van der Waals surface area contributed by atoms with Crippen LogP contribution in [0.4, 0.5) is 0 Å². The van der Waals surface area contributed by atoms with Crippen LogP contribution in [0.25, 0.3) is 0 Å². The summed E-state index contributed by atoms with van der Waals surface area (Å²) in [5.74, 6) is 1.04. The lowest BCUT2D eigenvalue weighted by Gasteiger charge is -2.43. The average Bonchev–Trinajstić information content (AvgIpc) is 3.12. The van der Waals surface area contributed by atoms with Crippen LogP contribution in [0.15, 0.2) is 42.5 Å². The highest BCUT2D eigenvalue weighted by atomic mass is 35.5. The van der Waals surface area contributed by atoms with E-state index in [1.807, 2.05) is 55.1 Å². The molecule has 4 rings (SSSR count). The summed E-state index contributed by atoms with van der Waals surface area (Å²) < 4.78 is 11.5. The molecule has 2 fully saturated rings. The highest BCUT2D eigenvalue weighted by Crippen LogP contribution is 2.37. The molecular weight excluding hydrogens is 464 g/mol. The maximum Gasteiger partial charge on any atom is 0.250 e. The number of benzene rings is 2. The van der Waals surface area contributed by atoms with Gasteiger partial charge in [-0.1, -0.05) is 61.5 Å². The van der Waals surface area contributed by atoms with E-state index in [-0.39, 0.29) is 37.0 Å². The third-order valence-electron chi connectivity index (χ3n) is 6.88. The minimum atomic E-state index is -0.752. The molecule has 35 heavy (non-hydrogen) atoms. The molecule has 1 heterocycles. The first-order chi connectivity index (χ1) is 16.9. The van der Waals surface area contributed by atoms with E-state index < -0.39 is 6.04 Å². The normalized spacial score (nSPS) is 19.7. The Kier molecular flexibility index (Phi) is 8.22. The van der Waals surface area contributed by atoms with E-state index in [0.29, 0.717) is 22.1 Å². The fourth-order valence-corrected chi connectivity index (χ4v) is 5.34. The Morgan fingerprint density at radius 2 is 1.71 bits per heavy atom. The van der Waals surface area contributed by atoms with Gasteiger partial charge in [0.25, 0.3) is 5.91 Å². The number of carbonyl (C=O) groups is 2. The molecule has 2 aliphatic rings. The number of halogens is 1. The highest BCUT2D eigenvalue weighted by Gasteiger charge is 2.43. The highest BCUT2D eigenvalue weighted by molar-refractivity contribution is 6.31. The second kappa shape index (κ2) is 11.3. The SMILES string of the molecule is COc1cc([C@@H]2C(=O)N(C3CCCCCC3)CC(=O)N2Cc2ccccc2Cl)ccc1OC(C)C. The predicted octanol–water partition coefficient (Wildman–Crippen LogP) is 5.77. The average molecular weight is 499 g/mol. The van der Waals surface area contributed by atoms with Crippen molar-refractivity contribution in [1.29, 1.82) is 0 Å². The maximum absolute atomic E-state index is 14.1. The van der Waals surface area contributed by atoms with Gasteiger partial charge in [0.15, 0.2) is 11.5 Å². The van der Waals surface area contributed by atoms with Crippen LogP contribution >= 0.6 is 11.6 Å². The topological polar surface area (TPSA) is 59.1 Å². The van der Waals surface area contributed by atoms with Gasteiger partial charge in [-0.3, -0.25) is 9.59 Å². The van der Waals surface area contributed by atoms with Crippen LogP contribution in [0.5, 0.6) is 11.5 Å². The molecule has 0 spiro atoms. The first-order valence-electron chi connectivity index (χ1n) is 12.6. The molecule has 2 aromatic carbocycles. The standard InChI is InChI=1S/C28H35ClN2O4/c1-19(2)35-24-15-14-20(16-25(24)34-3)27-28(33)30(22-11-6-4-5-7-12-22)18-26(32)31(27)17-21-10-8-9-13-23(21)29/h8-10,13-16,19,22,27H,4-7,11-12,17-18H2,1-3H3/t27-/m1/s1. The Bertz CT molecular complexity index is 1050. The second-order valence-electron chi connectivity index (χ2n) is 9.70. The molecular formula is C28H35ClN2O4. The molecule has 6 nitrogen and oxygen atoms in total. The Hall–Kier alpha value is -2.73. The van der Waals surface area contributed by atoms with E-state index in [2.05, 4.69) is 0 Å². The van der Waals surface area contributed by atoms with E-state index in [0.717, 1.165) is 31.2 Å². The minimum Gasteiger partial charge on any atom is -0.493 e. The summed E-state index contributed by atoms with van der Waals surface area (Å²) in [7, 11) is 1.58. The largest absolute Gasteiger partial charge is 0.493 e. The van der Waals surface area contributed by atoms with Gasteiger partial charge in [0.05, 0.1) is 13.2 Å². The quantitative estimate of drug-likeness (QED) is 0.454. The molecule has 1 atom stereocenters. The molecule has 1 aliphatic heterocycles. The van der Waals surface area contributed by atoms with Crippen LogP contribution in [0, 0.1) is 0 Å². The summed E-state index contributed by atoms with van der Waals surface area (Å²) >= 11 is 6.44.